The van der Waals surface area contributed by atoms with Crippen molar-refractivity contribution in [3.63, 3.8) is 0 Å². The standard InChI is InChI=1S/C14H11BrClNO4/c1-8(18)11-4-3-10(7-12(11)15)21-14-5-2-9(16)6-13(14)17(19)20/h2-8,18H,1H3/t8-/m1/s1. The summed E-state index contributed by atoms with van der Waals surface area (Å²) in [7, 11) is 0. The fraction of sp³-hybridized carbons (Fsp3) is 0.143. The minimum absolute atomic E-state index is 0.0982. The maximum atomic E-state index is 11.0. The van der Waals surface area contributed by atoms with Gasteiger partial charge in [-0.15, -0.1) is 0 Å². The number of ether oxygens (including phenoxy) is 1. The number of aliphatic hydroxyl groups is 1. The minimum atomic E-state index is -0.627. The van der Waals surface area contributed by atoms with Crippen molar-refractivity contribution in [1.29, 1.82) is 0 Å². The number of hydrogen-bond donors (Lipinski definition) is 1. The van der Waals surface area contributed by atoms with Gasteiger partial charge in [-0.25, -0.2) is 0 Å². The highest BCUT2D eigenvalue weighted by molar-refractivity contribution is 9.10. The lowest BCUT2D eigenvalue weighted by molar-refractivity contribution is -0.385. The first-order valence-corrected chi connectivity index (χ1v) is 7.15. The normalized spacial score (nSPS) is 12.0. The van der Waals surface area contributed by atoms with Crippen molar-refractivity contribution in [3.05, 3.63) is 61.6 Å². The zero-order valence-corrected chi connectivity index (χ0v) is 13.3. The number of halogens is 2. The maximum Gasteiger partial charge on any atom is 0.313 e. The summed E-state index contributed by atoms with van der Waals surface area (Å²) in [6.07, 6.45) is -0.627. The van der Waals surface area contributed by atoms with E-state index in [1.807, 2.05) is 0 Å². The average Bonchev–Trinajstić information content (AvgIpc) is 2.40. The predicted octanol–water partition coefficient (Wildman–Crippen LogP) is 4.86. The number of nitro benzene ring substituents is 1. The zero-order chi connectivity index (χ0) is 15.6. The third-order valence-corrected chi connectivity index (χ3v) is 3.69. The van der Waals surface area contributed by atoms with Crippen LogP contribution in [-0.4, -0.2) is 10.0 Å². The molecule has 0 amide bonds. The van der Waals surface area contributed by atoms with Crippen LogP contribution < -0.4 is 4.74 Å². The highest BCUT2D eigenvalue weighted by Gasteiger charge is 2.17. The molecule has 1 N–H and O–H groups in total. The molecule has 0 aliphatic rings. The second-order valence-corrected chi connectivity index (χ2v) is 5.62. The molecule has 1 atom stereocenters. The average molecular weight is 373 g/mol. The largest absolute Gasteiger partial charge is 0.450 e. The molecule has 2 rings (SSSR count). The van der Waals surface area contributed by atoms with Crippen molar-refractivity contribution in [2.45, 2.75) is 13.0 Å². The molecule has 2 aromatic carbocycles. The molecule has 0 aliphatic heterocycles. The van der Waals surface area contributed by atoms with E-state index < -0.39 is 11.0 Å². The second kappa shape index (κ2) is 6.43. The van der Waals surface area contributed by atoms with Gasteiger partial charge in [-0.2, -0.15) is 0 Å². The van der Waals surface area contributed by atoms with Crippen LogP contribution in [0.15, 0.2) is 40.9 Å². The molecule has 7 heteroatoms. The number of aliphatic hydroxyl groups excluding tert-OH is 1. The Morgan fingerprint density at radius 2 is 2.05 bits per heavy atom. The number of hydrogen-bond acceptors (Lipinski definition) is 4. The van der Waals surface area contributed by atoms with Gasteiger partial charge in [0.25, 0.3) is 0 Å². The van der Waals surface area contributed by atoms with Gasteiger partial charge in [0.15, 0.2) is 0 Å². The highest BCUT2D eigenvalue weighted by atomic mass is 79.9. The fourth-order valence-electron chi connectivity index (χ4n) is 1.76. The lowest BCUT2D eigenvalue weighted by Gasteiger charge is -2.11. The lowest BCUT2D eigenvalue weighted by atomic mass is 10.1. The van der Waals surface area contributed by atoms with Gasteiger partial charge in [0.2, 0.25) is 5.75 Å². The van der Waals surface area contributed by atoms with Gasteiger partial charge in [-0.05, 0) is 36.8 Å². The van der Waals surface area contributed by atoms with E-state index in [0.29, 0.717) is 15.8 Å². The molecule has 0 heterocycles. The van der Waals surface area contributed by atoms with Crippen molar-refractivity contribution in [2.24, 2.45) is 0 Å². The summed E-state index contributed by atoms with van der Waals surface area (Å²) in [6, 6.07) is 9.15. The number of rotatable bonds is 4. The van der Waals surface area contributed by atoms with E-state index in [4.69, 9.17) is 16.3 Å². The predicted molar refractivity (Wildman–Crippen MR) is 83.0 cm³/mol. The summed E-state index contributed by atoms with van der Waals surface area (Å²) in [6.45, 7) is 1.64. The van der Waals surface area contributed by atoms with Gasteiger partial charge in [-0.3, -0.25) is 10.1 Å². The molecular formula is C14H11BrClNO4. The van der Waals surface area contributed by atoms with Crippen molar-refractivity contribution in [1.82, 2.24) is 0 Å². The molecule has 0 radical (unpaired) electrons. The van der Waals surface area contributed by atoms with E-state index in [1.165, 1.54) is 18.2 Å². The van der Waals surface area contributed by atoms with Crippen molar-refractivity contribution < 1.29 is 14.8 Å². The van der Waals surface area contributed by atoms with E-state index in [-0.39, 0.29) is 16.5 Å². The Balaban J connectivity index is 2.35. The molecule has 2 aromatic rings. The molecule has 0 aliphatic carbocycles. The lowest BCUT2D eigenvalue weighted by Crippen LogP contribution is -1.95. The molecule has 0 bridgehead atoms. The van der Waals surface area contributed by atoms with Crippen LogP contribution in [0, 0.1) is 10.1 Å². The van der Waals surface area contributed by atoms with Gasteiger partial charge in [-0.1, -0.05) is 33.6 Å². The molecule has 0 saturated heterocycles. The van der Waals surface area contributed by atoms with Crippen LogP contribution in [0.3, 0.4) is 0 Å². The number of nitrogens with zero attached hydrogens (tertiary/aromatic N) is 1. The van der Waals surface area contributed by atoms with E-state index in [0.717, 1.165) is 0 Å². The first-order chi connectivity index (χ1) is 9.88. The maximum absolute atomic E-state index is 11.0. The van der Waals surface area contributed by atoms with Crippen molar-refractivity contribution >= 4 is 33.2 Å². The molecule has 5 nitrogen and oxygen atoms in total. The minimum Gasteiger partial charge on any atom is -0.450 e. The zero-order valence-electron chi connectivity index (χ0n) is 10.9. The summed E-state index contributed by atoms with van der Waals surface area (Å²) in [4.78, 5) is 10.4. The molecule has 110 valence electrons. The Morgan fingerprint density at radius 3 is 2.62 bits per heavy atom. The highest BCUT2D eigenvalue weighted by Crippen LogP contribution is 2.35. The summed E-state index contributed by atoms with van der Waals surface area (Å²) in [5.41, 5.74) is 0.492. The molecule has 0 fully saturated rings. The van der Waals surface area contributed by atoms with E-state index in [2.05, 4.69) is 15.9 Å². The quantitative estimate of drug-likeness (QED) is 0.614. The van der Waals surface area contributed by atoms with Crippen molar-refractivity contribution in [3.8, 4) is 11.5 Å². The van der Waals surface area contributed by atoms with Gasteiger partial charge in [0.1, 0.15) is 5.75 Å². The first kappa shape index (κ1) is 15.8. The topological polar surface area (TPSA) is 72.6 Å². The molecular weight excluding hydrogens is 362 g/mol. The fourth-order valence-corrected chi connectivity index (χ4v) is 2.61. The van der Waals surface area contributed by atoms with E-state index in [1.54, 1.807) is 25.1 Å². The van der Waals surface area contributed by atoms with Crippen LogP contribution >= 0.6 is 27.5 Å². The number of nitro groups is 1. The Morgan fingerprint density at radius 1 is 1.33 bits per heavy atom. The molecule has 0 spiro atoms. The summed E-state index contributed by atoms with van der Waals surface area (Å²) in [5, 5.41) is 20.8. The Kier molecular flexibility index (Phi) is 4.82. The summed E-state index contributed by atoms with van der Waals surface area (Å²) >= 11 is 9.07. The third-order valence-electron chi connectivity index (χ3n) is 2.77. The summed E-state index contributed by atoms with van der Waals surface area (Å²) < 4.78 is 6.19. The third kappa shape index (κ3) is 3.72. The number of benzene rings is 2. The molecule has 0 aromatic heterocycles. The molecule has 0 unspecified atom stereocenters. The van der Waals surface area contributed by atoms with Crippen LogP contribution in [-0.2, 0) is 0 Å². The second-order valence-electron chi connectivity index (χ2n) is 4.33. The first-order valence-electron chi connectivity index (χ1n) is 5.98. The van der Waals surface area contributed by atoms with Crippen LogP contribution in [0.4, 0.5) is 5.69 Å². The molecule has 0 saturated carbocycles. The Hall–Kier alpha value is -1.63. The Labute approximate surface area is 134 Å². The van der Waals surface area contributed by atoms with E-state index >= 15 is 0 Å². The van der Waals surface area contributed by atoms with Crippen LogP contribution in [0.5, 0.6) is 11.5 Å². The smallest absolute Gasteiger partial charge is 0.313 e. The molecule has 21 heavy (non-hydrogen) atoms. The van der Waals surface area contributed by atoms with Crippen LogP contribution in [0.2, 0.25) is 5.02 Å². The van der Waals surface area contributed by atoms with Gasteiger partial charge in [0.05, 0.1) is 11.0 Å². The van der Waals surface area contributed by atoms with Gasteiger partial charge >= 0.3 is 5.69 Å². The Bertz CT molecular complexity index is 691. The van der Waals surface area contributed by atoms with Crippen LogP contribution in [0.1, 0.15) is 18.6 Å². The van der Waals surface area contributed by atoms with Crippen molar-refractivity contribution in [2.75, 3.05) is 0 Å². The van der Waals surface area contributed by atoms with Gasteiger partial charge < -0.3 is 9.84 Å². The van der Waals surface area contributed by atoms with Crippen LogP contribution in [0.25, 0.3) is 0 Å². The van der Waals surface area contributed by atoms with E-state index in [9.17, 15) is 15.2 Å². The SMILES string of the molecule is C[C@@H](O)c1ccc(Oc2ccc(Cl)cc2[N+](=O)[O-])cc1Br. The van der Waals surface area contributed by atoms with Gasteiger partial charge in [0, 0.05) is 15.6 Å². The monoisotopic (exact) mass is 371 g/mol. The summed E-state index contributed by atoms with van der Waals surface area (Å²) in [5.74, 6) is 0.512.